The van der Waals surface area contributed by atoms with E-state index < -0.39 is 0 Å². The number of piperazine rings is 1. The molecule has 0 aromatic carbocycles. The third-order valence-electron chi connectivity index (χ3n) is 2.60. The van der Waals surface area contributed by atoms with Crippen LogP contribution in [0.1, 0.15) is 20.3 Å². The summed E-state index contributed by atoms with van der Waals surface area (Å²) >= 11 is 0. The fraction of sp³-hybridized carbons (Fsp3) is 1.00. The van der Waals surface area contributed by atoms with E-state index in [2.05, 4.69) is 24.1 Å². The van der Waals surface area contributed by atoms with Gasteiger partial charge >= 0.3 is 0 Å². The van der Waals surface area contributed by atoms with Crippen LogP contribution in [-0.4, -0.2) is 48.3 Å². The predicted molar refractivity (Wildman–Crippen MR) is 50.2 cm³/mol. The fourth-order valence-electron chi connectivity index (χ4n) is 1.85. The zero-order valence-electron chi connectivity index (χ0n) is 8.08. The maximum absolute atomic E-state index is 8.84. The first-order chi connectivity index (χ1) is 5.77. The topological polar surface area (TPSA) is 35.5 Å². The van der Waals surface area contributed by atoms with Crippen LogP contribution in [-0.2, 0) is 0 Å². The molecule has 0 amide bonds. The molecule has 1 rings (SSSR count). The minimum Gasteiger partial charge on any atom is -0.396 e. The molecule has 0 aromatic rings. The zero-order valence-corrected chi connectivity index (χ0v) is 8.08. The molecule has 1 heterocycles. The zero-order chi connectivity index (χ0) is 8.97. The summed E-state index contributed by atoms with van der Waals surface area (Å²) < 4.78 is 0. The van der Waals surface area contributed by atoms with Crippen LogP contribution in [0.2, 0.25) is 0 Å². The second-order valence-corrected chi connectivity index (χ2v) is 3.56. The van der Waals surface area contributed by atoms with Gasteiger partial charge in [-0.25, -0.2) is 0 Å². The summed E-state index contributed by atoms with van der Waals surface area (Å²) in [6.07, 6.45) is 0.896. The number of aliphatic hydroxyl groups excluding tert-OH is 1. The van der Waals surface area contributed by atoms with Crippen LogP contribution in [0.5, 0.6) is 0 Å². The van der Waals surface area contributed by atoms with Crippen molar-refractivity contribution in [3.8, 4) is 0 Å². The Morgan fingerprint density at radius 1 is 1.58 bits per heavy atom. The van der Waals surface area contributed by atoms with Gasteiger partial charge in [0.25, 0.3) is 0 Å². The molecular weight excluding hydrogens is 152 g/mol. The molecule has 1 fully saturated rings. The van der Waals surface area contributed by atoms with E-state index in [4.69, 9.17) is 5.11 Å². The number of hydrogen-bond acceptors (Lipinski definition) is 3. The van der Waals surface area contributed by atoms with Gasteiger partial charge in [0.15, 0.2) is 0 Å². The van der Waals surface area contributed by atoms with Crippen LogP contribution in [0.4, 0.5) is 0 Å². The maximum Gasteiger partial charge on any atom is 0.0446 e. The SMILES string of the molecule is CCN1CC(C)NCC1CCO. The minimum atomic E-state index is 0.303. The average molecular weight is 172 g/mol. The highest BCUT2D eigenvalue weighted by atomic mass is 16.3. The summed E-state index contributed by atoms with van der Waals surface area (Å²) in [5.41, 5.74) is 0. The van der Waals surface area contributed by atoms with E-state index in [0.29, 0.717) is 18.7 Å². The Bertz CT molecular complexity index is 130. The quantitative estimate of drug-likeness (QED) is 0.631. The van der Waals surface area contributed by atoms with Crippen molar-refractivity contribution in [2.45, 2.75) is 32.4 Å². The molecule has 1 aliphatic heterocycles. The maximum atomic E-state index is 8.84. The Balaban J connectivity index is 2.39. The highest BCUT2D eigenvalue weighted by Crippen LogP contribution is 2.09. The van der Waals surface area contributed by atoms with Crippen LogP contribution < -0.4 is 5.32 Å². The summed E-state index contributed by atoms with van der Waals surface area (Å²) in [6.45, 7) is 7.92. The van der Waals surface area contributed by atoms with Gasteiger partial charge in [-0.15, -0.1) is 0 Å². The molecule has 2 unspecified atom stereocenters. The molecule has 1 aliphatic rings. The molecule has 0 bridgehead atoms. The van der Waals surface area contributed by atoms with Gasteiger partial charge in [-0.1, -0.05) is 6.92 Å². The van der Waals surface area contributed by atoms with Gasteiger partial charge in [0.1, 0.15) is 0 Å². The summed E-state index contributed by atoms with van der Waals surface area (Å²) in [5.74, 6) is 0. The molecule has 0 radical (unpaired) electrons. The molecule has 2 N–H and O–H groups in total. The molecule has 0 saturated carbocycles. The van der Waals surface area contributed by atoms with E-state index >= 15 is 0 Å². The lowest BCUT2D eigenvalue weighted by Gasteiger charge is -2.38. The van der Waals surface area contributed by atoms with Crippen molar-refractivity contribution >= 4 is 0 Å². The Morgan fingerprint density at radius 3 is 2.92 bits per heavy atom. The van der Waals surface area contributed by atoms with Gasteiger partial charge in [-0.05, 0) is 19.9 Å². The van der Waals surface area contributed by atoms with E-state index in [1.807, 2.05) is 0 Å². The Morgan fingerprint density at radius 2 is 2.33 bits per heavy atom. The third kappa shape index (κ3) is 2.44. The monoisotopic (exact) mass is 172 g/mol. The smallest absolute Gasteiger partial charge is 0.0446 e. The molecule has 12 heavy (non-hydrogen) atoms. The van der Waals surface area contributed by atoms with Gasteiger partial charge in [0.05, 0.1) is 0 Å². The second kappa shape index (κ2) is 4.80. The van der Waals surface area contributed by atoms with E-state index in [-0.39, 0.29) is 0 Å². The number of aliphatic hydroxyl groups is 1. The highest BCUT2D eigenvalue weighted by molar-refractivity contribution is 4.82. The number of nitrogens with one attached hydrogen (secondary N) is 1. The Labute approximate surface area is 74.8 Å². The average Bonchev–Trinajstić information content (AvgIpc) is 2.08. The molecule has 1 saturated heterocycles. The van der Waals surface area contributed by atoms with Crippen molar-refractivity contribution in [2.75, 3.05) is 26.2 Å². The summed E-state index contributed by atoms with van der Waals surface area (Å²) in [5, 5.41) is 12.3. The van der Waals surface area contributed by atoms with Crippen molar-refractivity contribution in [3.05, 3.63) is 0 Å². The first-order valence-electron chi connectivity index (χ1n) is 4.86. The Hall–Kier alpha value is -0.120. The first kappa shape index (κ1) is 9.96. The normalized spacial score (nSPS) is 32.2. The first-order valence-corrected chi connectivity index (χ1v) is 4.86. The molecule has 2 atom stereocenters. The predicted octanol–water partition coefficient (Wildman–Crippen LogP) is 0.0510. The third-order valence-corrected chi connectivity index (χ3v) is 2.60. The molecule has 72 valence electrons. The van der Waals surface area contributed by atoms with Crippen molar-refractivity contribution in [2.24, 2.45) is 0 Å². The summed E-state index contributed by atoms with van der Waals surface area (Å²) in [6, 6.07) is 1.14. The minimum absolute atomic E-state index is 0.303. The summed E-state index contributed by atoms with van der Waals surface area (Å²) in [4.78, 5) is 2.44. The molecule has 0 aromatic heterocycles. The van der Waals surface area contributed by atoms with E-state index in [9.17, 15) is 0 Å². The van der Waals surface area contributed by atoms with E-state index in [0.717, 1.165) is 26.1 Å². The lowest BCUT2D eigenvalue weighted by atomic mass is 10.1. The van der Waals surface area contributed by atoms with E-state index in [1.54, 1.807) is 0 Å². The fourth-order valence-corrected chi connectivity index (χ4v) is 1.85. The van der Waals surface area contributed by atoms with Crippen LogP contribution in [0.25, 0.3) is 0 Å². The van der Waals surface area contributed by atoms with Crippen LogP contribution in [0.3, 0.4) is 0 Å². The van der Waals surface area contributed by atoms with Crippen molar-refractivity contribution in [3.63, 3.8) is 0 Å². The van der Waals surface area contributed by atoms with Gasteiger partial charge in [0, 0.05) is 31.8 Å². The number of rotatable bonds is 3. The molecule has 3 heteroatoms. The Kier molecular flexibility index (Phi) is 3.98. The lowest BCUT2D eigenvalue weighted by molar-refractivity contribution is 0.116. The lowest BCUT2D eigenvalue weighted by Crippen LogP contribution is -2.55. The van der Waals surface area contributed by atoms with Gasteiger partial charge in [0.2, 0.25) is 0 Å². The number of nitrogens with zero attached hydrogens (tertiary/aromatic N) is 1. The number of likely N-dealkylation sites (N-methyl/N-ethyl adjacent to an activating group) is 1. The number of hydrogen-bond donors (Lipinski definition) is 2. The van der Waals surface area contributed by atoms with Crippen molar-refractivity contribution in [1.82, 2.24) is 10.2 Å². The van der Waals surface area contributed by atoms with Crippen molar-refractivity contribution in [1.29, 1.82) is 0 Å². The van der Waals surface area contributed by atoms with Crippen LogP contribution in [0.15, 0.2) is 0 Å². The standard InChI is InChI=1S/C9H20N2O/c1-3-11-7-8(2)10-6-9(11)4-5-12/h8-10,12H,3-7H2,1-2H3. The highest BCUT2D eigenvalue weighted by Gasteiger charge is 2.23. The van der Waals surface area contributed by atoms with Crippen LogP contribution in [0, 0.1) is 0 Å². The van der Waals surface area contributed by atoms with Crippen LogP contribution >= 0.6 is 0 Å². The summed E-state index contributed by atoms with van der Waals surface area (Å²) in [7, 11) is 0. The molecule has 0 aliphatic carbocycles. The van der Waals surface area contributed by atoms with Crippen molar-refractivity contribution < 1.29 is 5.11 Å². The molecule has 0 spiro atoms. The molecule has 3 nitrogen and oxygen atoms in total. The molecular formula is C9H20N2O. The largest absolute Gasteiger partial charge is 0.396 e. The van der Waals surface area contributed by atoms with Gasteiger partial charge < -0.3 is 10.4 Å². The van der Waals surface area contributed by atoms with Gasteiger partial charge in [-0.3, -0.25) is 4.90 Å². The second-order valence-electron chi connectivity index (χ2n) is 3.56. The van der Waals surface area contributed by atoms with E-state index in [1.165, 1.54) is 0 Å². The van der Waals surface area contributed by atoms with Gasteiger partial charge in [-0.2, -0.15) is 0 Å².